The molecule has 0 aromatic heterocycles. The molecule has 0 amide bonds. The van der Waals surface area contributed by atoms with E-state index < -0.39 is 23.2 Å². The first-order valence-corrected chi connectivity index (χ1v) is 12.2. The topological polar surface area (TPSA) is 0 Å². The molecule has 0 bridgehead atoms. The molecule has 0 unspecified atom stereocenters. The van der Waals surface area contributed by atoms with Crippen molar-refractivity contribution in [2.75, 3.05) is 0 Å². The van der Waals surface area contributed by atoms with Crippen LogP contribution in [0.1, 0.15) is 92.9 Å². The van der Waals surface area contributed by atoms with Gasteiger partial charge in [-0.3, -0.25) is 0 Å². The van der Waals surface area contributed by atoms with Crippen LogP contribution in [0.5, 0.6) is 0 Å². The molecule has 0 N–H and O–H groups in total. The van der Waals surface area contributed by atoms with Crippen LogP contribution in [-0.2, 0) is 23.2 Å². The van der Waals surface area contributed by atoms with Crippen molar-refractivity contribution < 1.29 is 23.2 Å². The van der Waals surface area contributed by atoms with Gasteiger partial charge in [0, 0.05) is 0 Å². The molecule has 2 aliphatic carbocycles. The van der Waals surface area contributed by atoms with Crippen LogP contribution in [0.3, 0.4) is 0 Å². The summed E-state index contributed by atoms with van der Waals surface area (Å²) >= 11 is -0.574. The Morgan fingerprint density at radius 1 is 0.520 bits per heavy atom. The summed E-state index contributed by atoms with van der Waals surface area (Å²) in [5.41, 5.74) is 10.6. The van der Waals surface area contributed by atoms with E-state index >= 15 is 0 Å². The minimum absolute atomic E-state index is 0. The second kappa shape index (κ2) is 12.0. The van der Waals surface area contributed by atoms with E-state index in [0.717, 1.165) is 0 Å². The van der Waals surface area contributed by atoms with Gasteiger partial charge in [-0.05, 0) is 0 Å². The van der Waals surface area contributed by atoms with Gasteiger partial charge in [0.2, 0.25) is 0 Å². The summed E-state index contributed by atoms with van der Waals surface area (Å²) in [5.74, 6) is 0. The molecule has 2 aliphatic rings. The number of rotatable bonds is 8. The van der Waals surface area contributed by atoms with Gasteiger partial charge in [0.1, 0.15) is 0 Å². The summed E-state index contributed by atoms with van der Waals surface area (Å²) in [4.78, 5) is 0. The predicted octanol–water partition coefficient (Wildman–Crippen LogP) is 8.28. The zero-order chi connectivity index (χ0) is 17.0. The predicted molar refractivity (Wildman–Crippen MR) is 114 cm³/mol. The first-order chi connectivity index (χ1) is 11.1. The van der Waals surface area contributed by atoms with Crippen LogP contribution < -0.4 is 0 Å². The maximum Gasteiger partial charge on any atom is -0.147 e. The molecule has 0 fully saturated rings. The fraction of sp³-hybridized carbons (Fsp3) is 0.636. The summed E-state index contributed by atoms with van der Waals surface area (Å²) in [6.45, 7) is 14.2. The SMILES string of the molecule is CCC1=C(CC)C(CC)=[C]([Zr][C]2=C(CC)C(CC)=C(CC)C2)C1.Cl.Cl. The molecule has 3 heteroatoms. The molecule has 0 spiro atoms. The molecule has 0 aromatic carbocycles. The van der Waals surface area contributed by atoms with Crippen LogP contribution >= 0.6 is 24.8 Å². The van der Waals surface area contributed by atoms with Gasteiger partial charge in [-0.2, -0.15) is 0 Å². The van der Waals surface area contributed by atoms with Crippen molar-refractivity contribution in [3.8, 4) is 0 Å². The van der Waals surface area contributed by atoms with Crippen molar-refractivity contribution in [2.45, 2.75) is 92.9 Å². The maximum atomic E-state index is 2.37. The molecular weight excluding hydrogens is 426 g/mol. The van der Waals surface area contributed by atoms with E-state index in [1.165, 1.54) is 51.4 Å². The van der Waals surface area contributed by atoms with Gasteiger partial charge in [-0.1, -0.05) is 0 Å². The molecule has 25 heavy (non-hydrogen) atoms. The largest absolute Gasteiger partial charge is 0.147 e. The quantitative estimate of drug-likeness (QED) is 0.340. The Balaban J connectivity index is 0.00000288. The van der Waals surface area contributed by atoms with E-state index in [9.17, 15) is 0 Å². The van der Waals surface area contributed by atoms with E-state index in [-0.39, 0.29) is 24.8 Å². The summed E-state index contributed by atoms with van der Waals surface area (Å²) in [6, 6.07) is 0. The van der Waals surface area contributed by atoms with Gasteiger partial charge in [-0.25, -0.2) is 0 Å². The molecule has 0 aromatic rings. The van der Waals surface area contributed by atoms with E-state index in [1.807, 2.05) is 6.56 Å². The molecule has 0 radical (unpaired) electrons. The molecule has 142 valence electrons. The fourth-order valence-electron chi connectivity index (χ4n) is 4.52. The monoisotopic (exact) mass is 460 g/mol. The van der Waals surface area contributed by atoms with Crippen molar-refractivity contribution >= 4 is 24.8 Å². The van der Waals surface area contributed by atoms with E-state index in [1.54, 1.807) is 33.4 Å². The molecule has 0 aliphatic heterocycles. The van der Waals surface area contributed by atoms with Crippen LogP contribution in [0.2, 0.25) is 0 Å². The molecule has 0 nitrogen and oxygen atoms in total. The Morgan fingerprint density at radius 2 is 0.840 bits per heavy atom. The summed E-state index contributed by atoms with van der Waals surface area (Å²) in [6.07, 6.45) is 10.2. The average Bonchev–Trinajstić information content (AvgIpc) is 3.10. The Labute approximate surface area is 180 Å². The van der Waals surface area contributed by atoms with E-state index in [2.05, 4.69) is 41.5 Å². The number of halogens is 2. The van der Waals surface area contributed by atoms with Gasteiger partial charge >= 0.3 is 156 Å². The molecule has 0 saturated carbocycles. The Kier molecular flexibility index (Phi) is 12.2. The summed E-state index contributed by atoms with van der Waals surface area (Å²) < 4.78 is 3.83. The van der Waals surface area contributed by atoms with Crippen LogP contribution in [0.25, 0.3) is 0 Å². The third-order valence-electron chi connectivity index (χ3n) is 5.66. The van der Waals surface area contributed by atoms with Gasteiger partial charge in [0.05, 0.1) is 0 Å². The second-order valence-corrected chi connectivity index (χ2v) is 10.3. The van der Waals surface area contributed by atoms with Gasteiger partial charge in [0.15, 0.2) is 0 Å². The van der Waals surface area contributed by atoms with Crippen molar-refractivity contribution in [1.82, 2.24) is 0 Å². The number of hydrogen-bond donors (Lipinski definition) is 0. The minimum atomic E-state index is -0.574. The Hall–Kier alpha value is 0.423. The normalized spacial score (nSPS) is 17.4. The minimum Gasteiger partial charge on any atom is -0.147 e. The molecule has 2 rings (SSSR count). The Bertz CT molecular complexity index is 539. The number of hydrogen-bond acceptors (Lipinski definition) is 0. The summed E-state index contributed by atoms with van der Waals surface area (Å²) in [5, 5.41) is 0. The third-order valence-corrected chi connectivity index (χ3v) is 9.50. The van der Waals surface area contributed by atoms with Crippen LogP contribution in [0.15, 0.2) is 40.0 Å². The van der Waals surface area contributed by atoms with Gasteiger partial charge in [0.25, 0.3) is 0 Å². The van der Waals surface area contributed by atoms with Crippen LogP contribution in [0, 0.1) is 0 Å². The van der Waals surface area contributed by atoms with Gasteiger partial charge < -0.3 is 0 Å². The third kappa shape index (κ3) is 5.24. The maximum absolute atomic E-state index is 2.37. The zero-order valence-corrected chi connectivity index (χ0v) is 21.1. The van der Waals surface area contributed by atoms with E-state index in [0.29, 0.717) is 0 Å². The smallest absolute Gasteiger partial charge is 0.147 e. The van der Waals surface area contributed by atoms with Crippen LogP contribution in [0.4, 0.5) is 0 Å². The van der Waals surface area contributed by atoms with E-state index in [4.69, 9.17) is 0 Å². The first kappa shape index (κ1) is 25.4. The molecule has 0 saturated heterocycles. The van der Waals surface area contributed by atoms with Crippen molar-refractivity contribution in [1.29, 1.82) is 0 Å². The first-order valence-electron chi connectivity index (χ1n) is 9.78. The average molecular weight is 463 g/mol. The van der Waals surface area contributed by atoms with Gasteiger partial charge in [-0.15, -0.1) is 24.8 Å². The van der Waals surface area contributed by atoms with Crippen molar-refractivity contribution in [3.63, 3.8) is 0 Å². The van der Waals surface area contributed by atoms with Crippen molar-refractivity contribution in [2.24, 2.45) is 0 Å². The molecule has 0 heterocycles. The fourth-order valence-corrected chi connectivity index (χ4v) is 9.25. The van der Waals surface area contributed by atoms with Crippen LogP contribution in [-0.4, -0.2) is 0 Å². The number of allylic oxidation sites excluding steroid dienone is 8. The van der Waals surface area contributed by atoms with Crippen molar-refractivity contribution in [3.05, 3.63) is 40.0 Å². The Morgan fingerprint density at radius 3 is 1.08 bits per heavy atom. The molecule has 0 atom stereocenters. The standard InChI is InChI=1S/2C11H17.2ClH.Zr/c2*1-4-9-7-8-10(5-2)11(9)6-3;;;/h2*4-7H2,1-3H3;2*1H;. The second-order valence-electron chi connectivity index (χ2n) is 6.68. The summed E-state index contributed by atoms with van der Waals surface area (Å²) in [7, 11) is 0. The molecular formula is C22H36Cl2Zr. The zero-order valence-electron chi connectivity index (χ0n) is 17.0.